The number of carbonyl (C=O) groups is 1. The number of rotatable bonds is 12. The summed E-state index contributed by atoms with van der Waals surface area (Å²) in [7, 11) is -16.9. The van der Waals surface area contributed by atoms with Crippen LogP contribution < -0.4 is 11.4 Å². The van der Waals surface area contributed by atoms with Gasteiger partial charge in [0.05, 0.1) is 13.2 Å². The highest BCUT2D eigenvalue weighted by molar-refractivity contribution is 7.66. The number of phosphoric ester groups is 1. The minimum Gasteiger partial charge on any atom is -0.455 e. The van der Waals surface area contributed by atoms with E-state index in [-0.39, 0.29) is 30.0 Å². The molecule has 1 saturated heterocycles. The van der Waals surface area contributed by atoms with Crippen molar-refractivity contribution in [2.75, 3.05) is 12.3 Å². The highest BCUT2D eigenvalue weighted by Crippen LogP contribution is 2.66. The summed E-state index contributed by atoms with van der Waals surface area (Å²) in [6.07, 6.45) is -1.49. The van der Waals surface area contributed by atoms with E-state index < -0.39 is 60.2 Å². The zero-order valence-corrected chi connectivity index (χ0v) is 21.9. The number of nitrogens with zero attached hydrogens (tertiary/aromatic N) is 5. The Balaban J connectivity index is 1.79. The minimum absolute atomic E-state index is 0.0937. The van der Waals surface area contributed by atoms with Gasteiger partial charge in [0.25, 0.3) is 0 Å². The van der Waals surface area contributed by atoms with Gasteiger partial charge in [0.15, 0.2) is 0 Å². The molecule has 3 unspecified atom stereocenters. The van der Waals surface area contributed by atoms with Crippen LogP contribution >= 0.6 is 23.5 Å². The van der Waals surface area contributed by atoms with Crippen LogP contribution in [0, 0.1) is 0 Å². The molecule has 2 aromatic rings. The molecular weight excluding hydrogens is 595 g/mol. The molecule has 0 spiro atoms. The van der Waals surface area contributed by atoms with Crippen molar-refractivity contribution >= 4 is 35.3 Å². The van der Waals surface area contributed by atoms with Crippen molar-refractivity contribution in [1.29, 1.82) is 0 Å². The van der Waals surface area contributed by atoms with Gasteiger partial charge in [-0.2, -0.15) is 13.6 Å². The molecule has 0 radical (unpaired) electrons. The van der Waals surface area contributed by atoms with E-state index in [4.69, 9.17) is 30.5 Å². The van der Waals surface area contributed by atoms with Gasteiger partial charge in [0.2, 0.25) is 0 Å². The Bertz CT molecular complexity index is 1470. The van der Waals surface area contributed by atoms with Crippen LogP contribution in [0.4, 0.5) is 5.82 Å². The number of phosphoric acid groups is 3. The number of nitrogen functional groups attached to an aromatic ring is 1. The topological polar surface area (TPSA) is 321 Å². The van der Waals surface area contributed by atoms with Crippen molar-refractivity contribution in [2.45, 2.75) is 31.4 Å². The molecule has 0 saturated carbocycles. The van der Waals surface area contributed by atoms with Crippen LogP contribution in [0.15, 0.2) is 34.4 Å². The standard InChI is InChI=1S/C15H20N7O14P3/c16-11-2-4-22(15(24)20-11)12-5-9(34-14(23)13-8(1-3-18-13)6-19-21-17)10(33-12)7-32-38(28,29)36-39(30,31)35-37(25,26)27/h1-4,9-10,12,18H,5-7H2,(H,28,29)(H,30,31)(H2,16,20,24)(H2,25,26,27)/t9?,10-,12-/m1/s1. The lowest BCUT2D eigenvalue weighted by Gasteiger charge is -2.21. The molecule has 21 nitrogen and oxygen atoms in total. The first-order valence-corrected chi connectivity index (χ1v) is 14.8. The van der Waals surface area contributed by atoms with Gasteiger partial charge < -0.3 is 39.8 Å². The van der Waals surface area contributed by atoms with E-state index in [0.717, 1.165) is 4.57 Å². The number of carbonyl (C=O) groups excluding carboxylic acids is 1. The van der Waals surface area contributed by atoms with Gasteiger partial charge in [-0.1, -0.05) is 5.11 Å². The molecule has 2 aromatic heterocycles. The maximum absolute atomic E-state index is 12.8. The van der Waals surface area contributed by atoms with Gasteiger partial charge >= 0.3 is 35.1 Å². The second kappa shape index (κ2) is 12.1. The van der Waals surface area contributed by atoms with Gasteiger partial charge in [-0.15, -0.1) is 0 Å². The molecule has 0 aromatic carbocycles. The van der Waals surface area contributed by atoms with Gasteiger partial charge in [0, 0.05) is 23.7 Å². The lowest BCUT2D eigenvalue weighted by Crippen LogP contribution is -2.31. The number of hydrogen-bond donors (Lipinski definition) is 6. The van der Waals surface area contributed by atoms with Crippen molar-refractivity contribution < 1.29 is 60.7 Å². The fraction of sp³-hybridized carbons (Fsp3) is 0.400. The summed E-state index contributed by atoms with van der Waals surface area (Å²) < 4.78 is 58.4. The lowest BCUT2D eigenvalue weighted by molar-refractivity contribution is -0.0512. The highest BCUT2D eigenvalue weighted by atomic mass is 31.3. The molecule has 1 aliphatic rings. The average Bonchev–Trinajstić information content (AvgIpc) is 3.40. The molecule has 5 atom stereocenters. The Hall–Kier alpha value is -2.89. The first kappa shape index (κ1) is 30.6. The number of aromatic nitrogens is 3. The van der Waals surface area contributed by atoms with Gasteiger partial charge in [-0.3, -0.25) is 9.09 Å². The van der Waals surface area contributed by atoms with Crippen molar-refractivity contribution in [3.63, 3.8) is 0 Å². The van der Waals surface area contributed by atoms with E-state index in [1.807, 2.05) is 0 Å². The van der Waals surface area contributed by atoms with Crippen molar-refractivity contribution in [3.8, 4) is 0 Å². The van der Waals surface area contributed by atoms with Gasteiger partial charge in [-0.05, 0) is 23.2 Å². The van der Waals surface area contributed by atoms with E-state index in [1.165, 1.54) is 24.5 Å². The van der Waals surface area contributed by atoms with Crippen molar-refractivity contribution in [1.82, 2.24) is 14.5 Å². The van der Waals surface area contributed by atoms with E-state index in [0.29, 0.717) is 0 Å². The number of hydrogen-bond acceptors (Lipinski definition) is 13. The first-order valence-electron chi connectivity index (χ1n) is 10.3. The summed E-state index contributed by atoms with van der Waals surface area (Å²) in [5.41, 5.74) is 13.3. The smallest absolute Gasteiger partial charge is 0.455 e. The first-order chi connectivity index (χ1) is 18.1. The van der Waals surface area contributed by atoms with E-state index in [9.17, 15) is 33.1 Å². The number of nitrogens with two attached hydrogens (primary N) is 1. The quantitative estimate of drug-likeness (QED) is 0.0632. The normalized spacial score (nSPS) is 22.4. The van der Waals surface area contributed by atoms with E-state index in [1.54, 1.807) is 0 Å². The summed E-state index contributed by atoms with van der Waals surface area (Å²) in [6, 6.07) is 2.72. The van der Waals surface area contributed by atoms with Gasteiger partial charge in [0.1, 0.15) is 29.9 Å². The third-order valence-electron chi connectivity index (χ3n) is 4.76. The molecule has 7 N–H and O–H groups in total. The maximum Gasteiger partial charge on any atom is 0.490 e. The summed E-state index contributed by atoms with van der Waals surface area (Å²) in [6.45, 7) is -1.16. The lowest BCUT2D eigenvalue weighted by atomic mass is 10.2. The third kappa shape index (κ3) is 8.81. The third-order valence-corrected chi connectivity index (χ3v) is 8.56. The molecule has 1 fully saturated rings. The van der Waals surface area contributed by atoms with Crippen LogP contribution in [-0.2, 0) is 42.9 Å². The minimum atomic E-state index is -5.79. The summed E-state index contributed by atoms with van der Waals surface area (Å²) in [5, 5.41) is 3.36. The van der Waals surface area contributed by atoms with Gasteiger partial charge in [-0.25, -0.2) is 23.3 Å². The number of azide groups is 1. The Morgan fingerprint density at radius 1 is 1.26 bits per heavy atom. The number of H-pyrrole nitrogens is 1. The highest BCUT2D eigenvalue weighted by Gasteiger charge is 2.44. The van der Waals surface area contributed by atoms with E-state index >= 15 is 0 Å². The van der Waals surface area contributed by atoms with Crippen LogP contribution in [0.1, 0.15) is 28.7 Å². The Morgan fingerprint density at radius 2 is 1.97 bits per heavy atom. The monoisotopic (exact) mass is 615 g/mol. The molecule has 24 heteroatoms. The Morgan fingerprint density at radius 3 is 2.62 bits per heavy atom. The van der Waals surface area contributed by atoms with Crippen LogP contribution in [0.2, 0.25) is 0 Å². The zero-order valence-electron chi connectivity index (χ0n) is 19.2. The number of aromatic amines is 1. The number of esters is 1. The molecular formula is C15H20N7O14P3. The average molecular weight is 615 g/mol. The van der Waals surface area contributed by atoms with Crippen molar-refractivity contribution in [2.24, 2.45) is 5.11 Å². The molecule has 0 bridgehead atoms. The molecule has 0 amide bonds. The Labute approximate surface area is 216 Å². The summed E-state index contributed by atoms with van der Waals surface area (Å²) in [5.74, 6) is -1.07. The second-order valence-electron chi connectivity index (χ2n) is 7.50. The molecule has 3 heterocycles. The molecule has 1 aliphatic heterocycles. The summed E-state index contributed by atoms with van der Waals surface area (Å²) in [4.78, 5) is 70.1. The number of anilines is 1. The zero-order chi connectivity index (χ0) is 29.0. The van der Waals surface area contributed by atoms with E-state index in [2.05, 4.69) is 33.1 Å². The Kier molecular flexibility index (Phi) is 9.51. The predicted octanol–water partition coefficient (Wildman–Crippen LogP) is 0.820. The maximum atomic E-state index is 12.8. The van der Waals surface area contributed by atoms with Crippen molar-refractivity contribution in [3.05, 3.63) is 56.7 Å². The van der Waals surface area contributed by atoms with Crippen LogP contribution in [-0.4, -0.2) is 58.9 Å². The van der Waals surface area contributed by atoms with Crippen LogP contribution in [0.3, 0.4) is 0 Å². The largest absolute Gasteiger partial charge is 0.490 e. The van der Waals surface area contributed by atoms with Crippen LogP contribution in [0.5, 0.6) is 0 Å². The predicted molar refractivity (Wildman–Crippen MR) is 124 cm³/mol. The number of ether oxygens (including phenoxy) is 2. The fourth-order valence-electron chi connectivity index (χ4n) is 3.29. The molecule has 39 heavy (non-hydrogen) atoms. The summed E-state index contributed by atoms with van der Waals surface area (Å²) >= 11 is 0. The molecule has 0 aliphatic carbocycles. The fourth-order valence-corrected chi connectivity index (χ4v) is 6.32. The second-order valence-corrected chi connectivity index (χ2v) is 11.9. The molecule has 3 rings (SSSR count). The molecule has 214 valence electrons. The SMILES string of the molecule is [N-]=[N+]=NCc1cc[nH]c1C(=O)OC1C[C@H](n2ccc(N)nc2=O)O[C@@H]1COP(=O)(O)OP(=O)(O)OP(=O)(O)O. The van der Waals surface area contributed by atoms with Crippen LogP contribution in [0.25, 0.3) is 10.4 Å². The number of nitrogens with one attached hydrogen (secondary N) is 1.